The van der Waals surface area contributed by atoms with E-state index < -0.39 is 0 Å². The van der Waals surface area contributed by atoms with Crippen molar-refractivity contribution in [3.05, 3.63) is 28.3 Å². The van der Waals surface area contributed by atoms with Gasteiger partial charge in [0, 0.05) is 18.6 Å². The smallest absolute Gasteiger partial charge is 0.260 e. The normalized spacial score (nSPS) is 10.4. The number of carbonyl (C=O) groups is 1. The predicted molar refractivity (Wildman–Crippen MR) is 79.0 cm³/mol. The largest absolute Gasteiger partial charge is 0.484 e. The fraction of sp³-hybridized carbons (Fsp3) is 0.533. The van der Waals surface area contributed by atoms with Crippen LogP contribution in [0.1, 0.15) is 30.9 Å². The molecule has 1 amide bonds. The van der Waals surface area contributed by atoms with Crippen LogP contribution in [-0.4, -0.2) is 31.0 Å². The van der Waals surface area contributed by atoms with Gasteiger partial charge in [0.05, 0.1) is 0 Å². The molecule has 0 fully saturated rings. The third-order valence-electron chi connectivity index (χ3n) is 3.05. The Bertz CT molecular complexity index is 423. The molecule has 0 heterocycles. The molecule has 0 aromatic heterocycles. The van der Waals surface area contributed by atoms with Crippen LogP contribution >= 0.6 is 11.6 Å². The summed E-state index contributed by atoms with van der Waals surface area (Å²) in [6.45, 7) is 6.81. The number of amides is 1. The van der Waals surface area contributed by atoms with E-state index in [9.17, 15) is 4.79 Å². The van der Waals surface area contributed by atoms with E-state index in [4.69, 9.17) is 16.3 Å². The van der Waals surface area contributed by atoms with Crippen molar-refractivity contribution < 1.29 is 9.53 Å². The highest BCUT2D eigenvalue weighted by molar-refractivity contribution is 6.32. The van der Waals surface area contributed by atoms with Crippen LogP contribution in [0.15, 0.2) is 12.1 Å². The van der Waals surface area contributed by atoms with E-state index >= 15 is 0 Å². The molecular weight excluding hydrogens is 262 g/mol. The van der Waals surface area contributed by atoms with Gasteiger partial charge in [-0.3, -0.25) is 4.79 Å². The van der Waals surface area contributed by atoms with Gasteiger partial charge >= 0.3 is 0 Å². The van der Waals surface area contributed by atoms with Gasteiger partial charge in [-0.2, -0.15) is 0 Å². The number of ether oxygens (including phenoxy) is 1. The van der Waals surface area contributed by atoms with E-state index in [-0.39, 0.29) is 12.5 Å². The molecule has 0 bridgehead atoms. The maximum atomic E-state index is 11.8. The summed E-state index contributed by atoms with van der Waals surface area (Å²) >= 11 is 6.09. The number of benzene rings is 1. The first-order valence-corrected chi connectivity index (χ1v) is 6.97. The van der Waals surface area contributed by atoms with Crippen LogP contribution in [0.25, 0.3) is 0 Å². The van der Waals surface area contributed by atoms with Crippen LogP contribution in [0.5, 0.6) is 5.75 Å². The van der Waals surface area contributed by atoms with E-state index in [1.165, 1.54) is 0 Å². The molecule has 0 unspecified atom stereocenters. The summed E-state index contributed by atoms with van der Waals surface area (Å²) in [5.41, 5.74) is 1.92. The van der Waals surface area contributed by atoms with Crippen LogP contribution in [0.4, 0.5) is 0 Å². The van der Waals surface area contributed by atoms with Gasteiger partial charge in [0.2, 0.25) is 0 Å². The monoisotopic (exact) mass is 283 g/mol. The van der Waals surface area contributed by atoms with Crippen molar-refractivity contribution in [2.45, 2.75) is 33.6 Å². The zero-order valence-corrected chi connectivity index (χ0v) is 12.9. The number of likely N-dealkylation sites (N-methyl/N-ethyl adjacent to an activating group) is 1. The second-order valence-electron chi connectivity index (χ2n) is 4.83. The van der Waals surface area contributed by atoms with Gasteiger partial charge in [-0.25, -0.2) is 0 Å². The summed E-state index contributed by atoms with van der Waals surface area (Å²) in [6, 6.07) is 3.71. The lowest BCUT2D eigenvalue weighted by molar-refractivity contribution is -0.132. The molecule has 0 aliphatic heterocycles. The van der Waals surface area contributed by atoms with Crippen molar-refractivity contribution in [2.75, 3.05) is 20.2 Å². The third-order valence-corrected chi connectivity index (χ3v) is 3.64. The number of rotatable bonds is 6. The molecule has 106 valence electrons. The minimum atomic E-state index is -0.00120. The number of hydrogen-bond donors (Lipinski definition) is 0. The van der Waals surface area contributed by atoms with Gasteiger partial charge in [0.1, 0.15) is 5.75 Å². The molecule has 1 aromatic rings. The van der Waals surface area contributed by atoms with Gasteiger partial charge in [0.15, 0.2) is 6.61 Å². The molecule has 1 aromatic carbocycles. The molecule has 19 heavy (non-hydrogen) atoms. The Kier molecular flexibility index (Phi) is 6.16. The van der Waals surface area contributed by atoms with Crippen molar-refractivity contribution >= 4 is 17.5 Å². The third kappa shape index (κ3) is 4.75. The Morgan fingerprint density at radius 1 is 1.32 bits per heavy atom. The van der Waals surface area contributed by atoms with Crippen LogP contribution in [0.2, 0.25) is 5.02 Å². The number of unbranched alkanes of at least 4 members (excludes halogenated alkanes) is 1. The number of carbonyl (C=O) groups excluding carboxylic acids is 1. The zero-order chi connectivity index (χ0) is 14.4. The van der Waals surface area contributed by atoms with Crippen molar-refractivity contribution in [3.8, 4) is 5.75 Å². The lowest BCUT2D eigenvalue weighted by Gasteiger charge is -2.17. The number of halogens is 1. The van der Waals surface area contributed by atoms with Gasteiger partial charge < -0.3 is 9.64 Å². The topological polar surface area (TPSA) is 29.5 Å². The molecule has 4 heteroatoms. The molecule has 0 N–H and O–H groups in total. The molecule has 0 radical (unpaired) electrons. The summed E-state index contributed by atoms with van der Waals surface area (Å²) in [4.78, 5) is 13.5. The van der Waals surface area contributed by atoms with Gasteiger partial charge in [-0.15, -0.1) is 0 Å². The predicted octanol–water partition coefficient (Wildman–Crippen LogP) is 3.59. The van der Waals surface area contributed by atoms with Crippen LogP contribution in [-0.2, 0) is 4.79 Å². The van der Waals surface area contributed by atoms with Crippen molar-refractivity contribution in [1.29, 1.82) is 0 Å². The molecule has 0 aliphatic carbocycles. The van der Waals surface area contributed by atoms with Crippen LogP contribution in [0, 0.1) is 13.8 Å². The van der Waals surface area contributed by atoms with Crippen molar-refractivity contribution in [2.24, 2.45) is 0 Å². The molecule has 3 nitrogen and oxygen atoms in total. The van der Waals surface area contributed by atoms with Crippen molar-refractivity contribution in [3.63, 3.8) is 0 Å². The van der Waals surface area contributed by atoms with E-state index in [2.05, 4.69) is 6.92 Å². The quantitative estimate of drug-likeness (QED) is 0.798. The molecular formula is C15H22ClNO2. The van der Waals surface area contributed by atoms with E-state index in [1.54, 1.807) is 11.9 Å². The fourth-order valence-electron chi connectivity index (χ4n) is 1.76. The minimum absolute atomic E-state index is 0.00120. The summed E-state index contributed by atoms with van der Waals surface area (Å²) in [5, 5.41) is 0.749. The first-order valence-electron chi connectivity index (χ1n) is 6.59. The molecule has 0 saturated heterocycles. The summed E-state index contributed by atoms with van der Waals surface area (Å²) in [5.74, 6) is 0.690. The Hall–Kier alpha value is -1.22. The van der Waals surface area contributed by atoms with Gasteiger partial charge in [-0.1, -0.05) is 24.9 Å². The maximum absolute atomic E-state index is 11.8. The number of nitrogens with zero attached hydrogens (tertiary/aromatic N) is 1. The summed E-state index contributed by atoms with van der Waals surface area (Å²) < 4.78 is 5.54. The molecule has 0 saturated carbocycles. The summed E-state index contributed by atoms with van der Waals surface area (Å²) in [6.07, 6.45) is 2.09. The highest BCUT2D eigenvalue weighted by Crippen LogP contribution is 2.25. The minimum Gasteiger partial charge on any atom is -0.484 e. The Morgan fingerprint density at radius 3 is 2.42 bits per heavy atom. The van der Waals surface area contributed by atoms with Gasteiger partial charge in [0.25, 0.3) is 5.91 Å². The lowest BCUT2D eigenvalue weighted by Crippen LogP contribution is -2.32. The molecule has 0 atom stereocenters. The Balaban J connectivity index is 2.55. The highest BCUT2D eigenvalue weighted by Gasteiger charge is 2.10. The highest BCUT2D eigenvalue weighted by atomic mass is 35.5. The standard InChI is InChI=1S/C15H22ClNO2/c1-5-6-7-17(4)14(18)10-19-13-8-11(2)15(16)12(3)9-13/h8-9H,5-7,10H2,1-4H3. The SMILES string of the molecule is CCCCN(C)C(=O)COc1cc(C)c(Cl)c(C)c1. The average Bonchev–Trinajstić information content (AvgIpc) is 2.39. The molecule has 1 rings (SSSR count). The van der Waals surface area contributed by atoms with E-state index in [0.717, 1.165) is 35.5 Å². The van der Waals surface area contributed by atoms with E-state index in [0.29, 0.717) is 5.75 Å². The molecule has 0 aliphatic rings. The zero-order valence-electron chi connectivity index (χ0n) is 12.1. The lowest BCUT2D eigenvalue weighted by atomic mass is 10.1. The first-order chi connectivity index (χ1) is 8.95. The maximum Gasteiger partial charge on any atom is 0.260 e. The number of aryl methyl sites for hydroxylation is 2. The Labute approximate surface area is 120 Å². The first kappa shape index (κ1) is 15.8. The van der Waals surface area contributed by atoms with E-state index in [1.807, 2.05) is 26.0 Å². The van der Waals surface area contributed by atoms with Gasteiger partial charge in [-0.05, 0) is 43.5 Å². The average molecular weight is 284 g/mol. The number of hydrogen-bond acceptors (Lipinski definition) is 2. The fourth-order valence-corrected chi connectivity index (χ4v) is 1.87. The second-order valence-corrected chi connectivity index (χ2v) is 5.21. The van der Waals surface area contributed by atoms with Crippen LogP contribution in [0.3, 0.4) is 0 Å². The van der Waals surface area contributed by atoms with Crippen molar-refractivity contribution in [1.82, 2.24) is 4.90 Å². The molecule has 0 spiro atoms. The van der Waals surface area contributed by atoms with Crippen LogP contribution < -0.4 is 4.74 Å². The summed E-state index contributed by atoms with van der Waals surface area (Å²) in [7, 11) is 1.81. The second kappa shape index (κ2) is 7.39. The Morgan fingerprint density at radius 2 is 1.89 bits per heavy atom.